The van der Waals surface area contributed by atoms with Crippen LogP contribution in [0.4, 0.5) is 11.5 Å². The van der Waals surface area contributed by atoms with Crippen molar-refractivity contribution in [2.45, 2.75) is 13.0 Å². The number of fused-ring (bicyclic) bond motifs is 1. The molecule has 1 amide bonds. The first kappa shape index (κ1) is 17.8. The first-order valence-corrected chi connectivity index (χ1v) is 9.26. The second-order valence-electron chi connectivity index (χ2n) is 6.26. The number of nitrogens with one attached hydrogen (secondary N) is 1. The predicted molar refractivity (Wildman–Crippen MR) is 107 cm³/mol. The van der Waals surface area contributed by atoms with E-state index >= 15 is 0 Å². The summed E-state index contributed by atoms with van der Waals surface area (Å²) in [6.45, 7) is 1.25. The van der Waals surface area contributed by atoms with Gasteiger partial charge in [0.2, 0.25) is 0 Å². The van der Waals surface area contributed by atoms with Gasteiger partial charge >= 0.3 is 0 Å². The van der Waals surface area contributed by atoms with Crippen LogP contribution in [0.5, 0.6) is 0 Å². The molecule has 1 aliphatic heterocycles. The molecule has 2 heterocycles. The highest BCUT2D eigenvalue weighted by Crippen LogP contribution is 2.31. The number of carbonyl (C=O) groups excluding carboxylic acids is 1. The molecule has 0 spiro atoms. The molecule has 1 aliphatic rings. The molecule has 0 unspecified atom stereocenters. The number of aromatic nitrogens is 2. The van der Waals surface area contributed by atoms with Crippen LogP contribution >= 0.6 is 23.2 Å². The molecule has 136 valence electrons. The van der Waals surface area contributed by atoms with Gasteiger partial charge < -0.3 is 10.2 Å². The summed E-state index contributed by atoms with van der Waals surface area (Å²) in [5.41, 5.74) is 3.43. The van der Waals surface area contributed by atoms with Gasteiger partial charge in [-0.25, -0.2) is 9.97 Å². The summed E-state index contributed by atoms with van der Waals surface area (Å²) in [5.74, 6) is 0.363. The van der Waals surface area contributed by atoms with E-state index in [9.17, 15) is 4.79 Å². The lowest BCUT2D eigenvalue weighted by molar-refractivity contribution is 0.0728. The Bertz CT molecular complexity index is 1010. The maximum Gasteiger partial charge on any atom is 0.272 e. The number of halogens is 2. The third kappa shape index (κ3) is 3.75. The van der Waals surface area contributed by atoms with Crippen LogP contribution in [0.3, 0.4) is 0 Å². The van der Waals surface area contributed by atoms with Gasteiger partial charge in [0.1, 0.15) is 17.8 Å². The van der Waals surface area contributed by atoms with Gasteiger partial charge in [0.15, 0.2) is 0 Å². The van der Waals surface area contributed by atoms with Crippen molar-refractivity contribution in [3.8, 4) is 0 Å². The quantitative estimate of drug-likeness (QED) is 0.692. The van der Waals surface area contributed by atoms with Crippen molar-refractivity contribution in [2.75, 3.05) is 11.9 Å². The van der Waals surface area contributed by atoms with Gasteiger partial charge in [0.25, 0.3) is 5.91 Å². The summed E-state index contributed by atoms with van der Waals surface area (Å²) in [6, 6.07) is 15.1. The van der Waals surface area contributed by atoms with Crippen LogP contribution in [0.1, 0.15) is 21.6 Å². The minimum atomic E-state index is -0.118. The van der Waals surface area contributed by atoms with E-state index in [-0.39, 0.29) is 5.91 Å². The number of amides is 1. The van der Waals surface area contributed by atoms with Crippen LogP contribution in [0.2, 0.25) is 10.0 Å². The Kier molecular flexibility index (Phi) is 4.97. The van der Waals surface area contributed by atoms with Crippen molar-refractivity contribution in [3.63, 3.8) is 0 Å². The van der Waals surface area contributed by atoms with E-state index in [0.717, 1.165) is 6.42 Å². The van der Waals surface area contributed by atoms with Gasteiger partial charge in [0, 0.05) is 19.2 Å². The zero-order valence-electron chi connectivity index (χ0n) is 14.3. The van der Waals surface area contributed by atoms with Gasteiger partial charge in [0.05, 0.1) is 15.7 Å². The van der Waals surface area contributed by atoms with Crippen LogP contribution in [0.15, 0.2) is 54.9 Å². The fourth-order valence-corrected chi connectivity index (χ4v) is 3.46. The molecule has 5 nitrogen and oxygen atoms in total. The average Bonchev–Trinajstić information content (AvgIpc) is 2.71. The molecule has 0 atom stereocenters. The summed E-state index contributed by atoms with van der Waals surface area (Å²) in [7, 11) is 0. The number of hydrogen-bond acceptors (Lipinski definition) is 4. The normalized spacial score (nSPS) is 13.2. The second-order valence-corrected chi connectivity index (χ2v) is 7.05. The maximum absolute atomic E-state index is 12.9. The molecule has 7 heteroatoms. The van der Waals surface area contributed by atoms with Gasteiger partial charge in [-0.05, 0) is 29.7 Å². The molecule has 1 aromatic heterocycles. The summed E-state index contributed by atoms with van der Waals surface area (Å²) >= 11 is 12.2. The van der Waals surface area contributed by atoms with Crippen LogP contribution in [0, 0.1) is 0 Å². The van der Waals surface area contributed by atoms with Crippen LogP contribution in [0.25, 0.3) is 0 Å². The molecule has 0 saturated heterocycles. The lowest BCUT2D eigenvalue weighted by Crippen LogP contribution is -2.36. The number of carbonyl (C=O) groups is 1. The Balaban J connectivity index is 1.54. The first-order chi connectivity index (χ1) is 13.1. The zero-order chi connectivity index (χ0) is 18.8. The van der Waals surface area contributed by atoms with Crippen molar-refractivity contribution in [1.82, 2.24) is 14.9 Å². The highest BCUT2D eigenvalue weighted by molar-refractivity contribution is 6.43. The summed E-state index contributed by atoms with van der Waals surface area (Å²) < 4.78 is 0. The number of anilines is 2. The molecule has 3 aromatic rings. The molecule has 1 N–H and O–H groups in total. The number of nitrogens with zero attached hydrogens (tertiary/aromatic N) is 3. The highest BCUT2D eigenvalue weighted by Gasteiger charge is 2.22. The standard InChI is InChI=1S/C20H16Cl2N4O/c21-15-6-3-7-16(19(15)22)25-18-10-17(23-12-24-18)20(27)26-9-8-13-4-1-2-5-14(13)11-26/h1-7,10,12H,8-9,11H2,(H,23,24,25). The van der Waals surface area contributed by atoms with Crippen molar-refractivity contribution in [1.29, 1.82) is 0 Å². The van der Waals surface area contributed by atoms with E-state index in [2.05, 4.69) is 27.4 Å². The molecule has 27 heavy (non-hydrogen) atoms. The topological polar surface area (TPSA) is 58.1 Å². The van der Waals surface area contributed by atoms with Gasteiger partial charge in [-0.2, -0.15) is 0 Å². The van der Waals surface area contributed by atoms with Gasteiger partial charge in [-0.15, -0.1) is 0 Å². The lowest BCUT2D eigenvalue weighted by atomic mass is 10.00. The summed E-state index contributed by atoms with van der Waals surface area (Å²) in [4.78, 5) is 23.0. The average molecular weight is 399 g/mol. The third-order valence-electron chi connectivity index (χ3n) is 4.52. The van der Waals surface area contributed by atoms with Crippen LogP contribution in [-0.2, 0) is 13.0 Å². The highest BCUT2D eigenvalue weighted by atomic mass is 35.5. The fourth-order valence-electron chi connectivity index (χ4n) is 3.11. The van der Waals surface area contributed by atoms with E-state index in [4.69, 9.17) is 23.2 Å². The van der Waals surface area contributed by atoms with Gasteiger partial charge in [-0.3, -0.25) is 4.79 Å². The van der Waals surface area contributed by atoms with E-state index in [1.807, 2.05) is 12.1 Å². The van der Waals surface area contributed by atoms with Crippen molar-refractivity contribution in [2.24, 2.45) is 0 Å². The monoisotopic (exact) mass is 398 g/mol. The molecular formula is C20H16Cl2N4O. The molecule has 0 aliphatic carbocycles. The maximum atomic E-state index is 12.9. The molecule has 0 bridgehead atoms. The Morgan fingerprint density at radius 3 is 2.70 bits per heavy atom. The molecule has 0 radical (unpaired) electrons. The molecule has 0 saturated carbocycles. The van der Waals surface area contributed by atoms with Crippen molar-refractivity contribution in [3.05, 3.63) is 81.7 Å². The van der Waals surface area contributed by atoms with E-state index in [1.165, 1.54) is 17.5 Å². The zero-order valence-corrected chi connectivity index (χ0v) is 15.8. The van der Waals surface area contributed by atoms with Crippen molar-refractivity contribution >= 4 is 40.6 Å². The van der Waals surface area contributed by atoms with Crippen LogP contribution < -0.4 is 5.32 Å². The largest absolute Gasteiger partial charge is 0.339 e. The predicted octanol–water partition coefficient (Wildman–Crippen LogP) is 4.73. The number of rotatable bonds is 3. The third-order valence-corrected chi connectivity index (χ3v) is 5.34. The molecule has 0 fully saturated rings. The van der Waals surface area contributed by atoms with Gasteiger partial charge in [-0.1, -0.05) is 53.5 Å². The smallest absolute Gasteiger partial charge is 0.272 e. The molecule has 4 rings (SSSR count). The fraction of sp³-hybridized carbons (Fsp3) is 0.150. The van der Waals surface area contributed by atoms with E-state index in [1.54, 1.807) is 29.2 Å². The van der Waals surface area contributed by atoms with E-state index < -0.39 is 0 Å². The van der Waals surface area contributed by atoms with Crippen molar-refractivity contribution < 1.29 is 4.79 Å². The Morgan fingerprint density at radius 2 is 1.85 bits per heavy atom. The second kappa shape index (κ2) is 7.55. The summed E-state index contributed by atoms with van der Waals surface area (Å²) in [6.07, 6.45) is 2.21. The first-order valence-electron chi connectivity index (χ1n) is 8.51. The minimum Gasteiger partial charge on any atom is -0.339 e. The molecular weight excluding hydrogens is 383 g/mol. The summed E-state index contributed by atoms with van der Waals surface area (Å²) in [5, 5.41) is 3.93. The Labute approximate surface area is 167 Å². The van der Waals surface area contributed by atoms with E-state index in [0.29, 0.717) is 40.3 Å². The number of hydrogen-bond donors (Lipinski definition) is 1. The van der Waals surface area contributed by atoms with Crippen LogP contribution in [-0.4, -0.2) is 27.3 Å². The number of benzene rings is 2. The lowest BCUT2D eigenvalue weighted by Gasteiger charge is -2.28. The SMILES string of the molecule is O=C(c1cc(Nc2cccc(Cl)c2Cl)ncn1)N1CCc2ccccc2C1. The Hall–Kier alpha value is -2.63. The molecule has 2 aromatic carbocycles. The Morgan fingerprint density at radius 1 is 1.04 bits per heavy atom. The minimum absolute atomic E-state index is 0.118.